The highest BCUT2D eigenvalue weighted by Gasteiger charge is 2.16. The zero-order chi connectivity index (χ0) is 21.6. The van der Waals surface area contributed by atoms with Crippen LogP contribution in [0.1, 0.15) is 17.3 Å². The third kappa shape index (κ3) is 4.50. The van der Waals surface area contributed by atoms with Crippen LogP contribution in [0.4, 0.5) is 5.82 Å². The maximum atomic E-state index is 12.4. The number of aromatic nitrogens is 3. The largest absolute Gasteiger partial charge is 0.497 e. The number of hydrogen-bond donors (Lipinski definition) is 1. The fraction of sp³-hybridized carbons (Fsp3) is 0.208. The van der Waals surface area contributed by atoms with Crippen molar-refractivity contribution >= 4 is 22.7 Å². The molecule has 0 aliphatic rings. The number of benzene rings is 2. The molecule has 0 saturated heterocycles. The van der Waals surface area contributed by atoms with Gasteiger partial charge < -0.3 is 19.4 Å². The lowest BCUT2D eigenvalue weighted by Crippen LogP contribution is -2.16. The Kier molecular flexibility index (Phi) is 6.12. The van der Waals surface area contributed by atoms with Crippen LogP contribution >= 0.6 is 0 Å². The monoisotopic (exact) mass is 416 g/mol. The molecule has 31 heavy (non-hydrogen) atoms. The predicted octanol–water partition coefficient (Wildman–Crippen LogP) is 4.40. The summed E-state index contributed by atoms with van der Waals surface area (Å²) in [4.78, 5) is 21.4. The number of hydrogen-bond acceptors (Lipinski definition) is 6. The van der Waals surface area contributed by atoms with Gasteiger partial charge in [-0.15, -0.1) is 0 Å². The third-order valence-corrected chi connectivity index (χ3v) is 4.96. The van der Waals surface area contributed by atoms with Crippen LogP contribution in [0.5, 0.6) is 5.75 Å². The Balaban J connectivity index is 1.57. The van der Waals surface area contributed by atoms with Gasteiger partial charge in [-0.05, 0) is 48.7 Å². The van der Waals surface area contributed by atoms with Gasteiger partial charge in [0.25, 0.3) is 0 Å². The van der Waals surface area contributed by atoms with Crippen LogP contribution in [0.25, 0.3) is 22.3 Å². The van der Waals surface area contributed by atoms with Crippen molar-refractivity contribution in [2.24, 2.45) is 0 Å². The minimum absolute atomic E-state index is 0.286. The van der Waals surface area contributed by atoms with E-state index in [0.717, 1.165) is 23.4 Å². The smallest absolute Gasteiger partial charge is 0.343 e. The Bertz CT molecular complexity index is 1190. The lowest BCUT2D eigenvalue weighted by molar-refractivity contribution is 0.0526. The molecule has 2 aromatic carbocycles. The summed E-state index contributed by atoms with van der Waals surface area (Å²) in [5.41, 5.74) is 2.31. The molecule has 2 heterocycles. The summed E-state index contributed by atoms with van der Waals surface area (Å²) in [6.45, 7) is 3.37. The van der Waals surface area contributed by atoms with Gasteiger partial charge in [-0.1, -0.05) is 18.2 Å². The van der Waals surface area contributed by atoms with E-state index in [0.29, 0.717) is 23.8 Å². The highest BCUT2D eigenvalue weighted by atomic mass is 16.5. The molecule has 7 nitrogen and oxygen atoms in total. The quantitative estimate of drug-likeness (QED) is 0.429. The average Bonchev–Trinajstić information content (AvgIpc) is 3.22. The summed E-state index contributed by atoms with van der Waals surface area (Å²) < 4.78 is 12.5. The molecule has 0 saturated carbocycles. The second-order valence-electron chi connectivity index (χ2n) is 6.90. The fourth-order valence-electron chi connectivity index (χ4n) is 3.38. The SMILES string of the molecule is CCOC(=O)c1cnc(-c2ccc(OC)cc2)nc1NCCn1ccc2ccccc21. The van der Waals surface area contributed by atoms with E-state index in [4.69, 9.17) is 9.47 Å². The Morgan fingerprint density at radius 3 is 2.68 bits per heavy atom. The number of methoxy groups -OCH3 is 1. The van der Waals surface area contributed by atoms with Gasteiger partial charge in [0.2, 0.25) is 0 Å². The molecule has 4 rings (SSSR count). The highest BCUT2D eigenvalue weighted by molar-refractivity contribution is 5.94. The number of carbonyl (C=O) groups is 1. The molecule has 158 valence electrons. The third-order valence-electron chi connectivity index (χ3n) is 4.96. The van der Waals surface area contributed by atoms with Gasteiger partial charge in [0.15, 0.2) is 5.82 Å². The van der Waals surface area contributed by atoms with Gasteiger partial charge in [0.05, 0.1) is 13.7 Å². The zero-order valence-corrected chi connectivity index (χ0v) is 17.5. The lowest BCUT2D eigenvalue weighted by Gasteiger charge is -2.13. The Labute approximate surface area is 180 Å². The maximum Gasteiger partial charge on any atom is 0.343 e. The Morgan fingerprint density at radius 1 is 1.10 bits per heavy atom. The lowest BCUT2D eigenvalue weighted by atomic mass is 10.2. The summed E-state index contributed by atoms with van der Waals surface area (Å²) in [5.74, 6) is 1.28. The molecule has 0 bridgehead atoms. The van der Waals surface area contributed by atoms with Gasteiger partial charge in [0, 0.05) is 36.6 Å². The summed E-state index contributed by atoms with van der Waals surface area (Å²) >= 11 is 0. The van der Waals surface area contributed by atoms with Crippen molar-refractivity contribution in [1.82, 2.24) is 14.5 Å². The van der Waals surface area contributed by atoms with Crippen LogP contribution < -0.4 is 10.1 Å². The normalized spacial score (nSPS) is 10.8. The summed E-state index contributed by atoms with van der Waals surface area (Å²) in [5, 5.41) is 4.48. The first kappa shape index (κ1) is 20.4. The number of fused-ring (bicyclic) bond motifs is 1. The van der Waals surface area contributed by atoms with Crippen LogP contribution in [0.2, 0.25) is 0 Å². The molecule has 2 aromatic heterocycles. The minimum atomic E-state index is -0.447. The molecule has 0 atom stereocenters. The van der Waals surface area contributed by atoms with Crippen LogP contribution in [0.15, 0.2) is 67.0 Å². The van der Waals surface area contributed by atoms with Crippen molar-refractivity contribution in [2.75, 3.05) is 25.6 Å². The van der Waals surface area contributed by atoms with Gasteiger partial charge in [-0.25, -0.2) is 14.8 Å². The topological polar surface area (TPSA) is 78.3 Å². The van der Waals surface area contributed by atoms with E-state index < -0.39 is 5.97 Å². The van der Waals surface area contributed by atoms with Gasteiger partial charge >= 0.3 is 5.97 Å². The van der Waals surface area contributed by atoms with Crippen LogP contribution in [-0.2, 0) is 11.3 Å². The zero-order valence-electron chi connectivity index (χ0n) is 17.5. The number of ether oxygens (including phenoxy) is 2. The number of rotatable bonds is 8. The second kappa shape index (κ2) is 9.30. The van der Waals surface area contributed by atoms with Crippen LogP contribution in [-0.4, -0.2) is 40.8 Å². The Morgan fingerprint density at radius 2 is 1.90 bits per heavy atom. The van der Waals surface area contributed by atoms with Crippen LogP contribution in [0.3, 0.4) is 0 Å². The van der Waals surface area contributed by atoms with Crippen molar-refractivity contribution < 1.29 is 14.3 Å². The van der Waals surface area contributed by atoms with E-state index in [-0.39, 0.29) is 6.61 Å². The van der Waals surface area contributed by atoms with Gasteiger partial charge in [-0.3, -0.25) is 0 Å². The summed E-state index contributed by atoms with van der Waals surface area (Å²) in [6.07, 6.45) is 3.57. The van der Waals surface area contributed by atoms with Crippen molar-refractivity contribution in [3.8, 4) is 17.1 Å². The van der Waals surface area contributed by atoms with Crippen molar-refractivity contribution in [1.29, 1.82) is 0 Å². The maximum absolute atomic E-state index is 12.4. The molecule has 7 heteroatoms. The number of esters is 1. The van der Waals surface area contributed by atoms with E-state index in [1.165, 1.54) is 11.6 Å². The van der Waals surface area contributed by atoms with Crippen molar-refractivity contribution in [3.05, 3.63) is 72.6 Å². The van der Waals surface area contributed by atoms with E-state index in [1.54, 1.807) is 14.0 Å². The first-order chi connectivity index (χ1) is 15.2. The van der Waals surface area contributed by atoms with E-state index in [2.05, 4.69) is 44.2 Å². The first-order valence-corrected chi connectivity index (χ1v) is 10.2. The van der Waals surface area contributed by atoms with E-state index in [1.807, 2.05) is 36.4 Å². The molecular formula is C24H24N4O3. The molecular weight excluding hydrogens is 392 g/mol. The summed E-state index contributed by atoms with van der Waals surface area (Å²) in [7, 11) is 1.62. The van der Waals surface area contributed by atoms with Crippen molar-refractivity contribution in [2.45, 2.75) is 13.5 Å². The molecule has 0 fully saturated rings. The number of anilines is 1. The first-order valence-electron chi connectivity index (χ1n) is 10.2. The minimum Gasteiger partial charge on any atom is -0.497 e. The summed E-state index contributed by atoms with van der Waals surface area (Å²) in [6, 6.07) is 17.8. The van der Waals surface area contributed by atoms with E-state index >= 15 is 0 Å². The average molecular weight is 416 g/mol. The number of nitrogens with one attached hydrogen (secondary N) is 1. The van der Waals surface area contributed by atoms with Crippen LogP contribution in [0, 0.1) is 0 Å². The standard InChI is InChI=1S/C24H24N4O3/c1-3-31-24(29)20-16-26-22(18-8-10-19(30-2)11-9-18)27-23(20)25-13-15-28-14-12-17-6-4-5-7-21(17)28/h4-12,14,16H,3,13,15H2,1-2H3,(H,25,26,27). The number of carbonyl (C=O) groups excluding carboxylic acids is 1. The Hall–Kier alpha value is -3.87. The molecule has 0 aliphatic carbocycles. The van der Waals surface area contributed by atoms with Crippen molar-refractivity contribution in [3.63, 3.8) is 0 Å². The highest BCUT2D eigenvalue weighted by Crippen LogP contribution is 2.23. The second-order valence-corrected chi connectivity index (χ2v) is 6.90. The number of nitrogens with zero attached hydrogens (tertiary/aromatic N) is 3. The molecule has 0 aliphatic heterocycles. The van der Waals surface area contributed by atoms with Gasteiger partial charge in [-0.2, -0.15) is 0 Å². The molecule has 1 N–H and O–H groups in total. The van der Waals surface area contributed by atoms with Gasteiger partial charge in [0.1, 0.15) is 17.1 Å². The molecule has 0 spiro atoms. The number of para-hydroxylation sites is 1. The molecule has 0 unspecified atom stereocenters. The van der Waals surface area contributed by atoms with E-state index in [9.17, 15) is 4.79 Å². The molecule has 0 amide bonds. The predicted molar refractivity (Wildman–Crippen MR) is 120 cm³/mol. The fourth-order valence-corrected chi connectivity index (χ4v) is 3.38. The molecule has 4 aromatic rings. The molecule has 0 radical (unpaired) electrons.